The minimum absolute atomic E-state index is 0.668. The van der Waals surface area contributed by atoms with Crippen LogP contribution in [0.25, 0.3) is 16.2 Å². The smallest absolute Gasteiger partial charge is 0.194 e. The van der Waals surface area contributed by atoms with Gasteiger partial charge in [-0.3, -0.25) is 4.40 Å². The molecule has 4 heteroatoms. The van der Waals surface area contributed by atoms with Gasteiger partial charge in [-0.25, -0.2) is 4.98 Å². The first-order chi connectivity index (χ1) is 9.20. The van der Waals surface area contributed by atoms with E-state index in [0.717, 1.165) is 11.4 Å². The van der Waals surface area contributed by atoms with Crippen LogP contribution in [-0.4, -0.2) is 15.9 Å². The van der Waals surface area contributed by atoms with E-state index in [2.05, 4.69) is 41.4 Å². The number of nitrogens with zero attached hydrogens (tertiary/aromatic N) is 2. The highest BCUT2D eigenvalue weighted by molar-refractivity contribution is 7.17. The van der Waals surface area contributed by atoms with E-state index in [4.69, 9.17) is 5.73 Å². The van der Waals surface area contributed by atoms with Gasteiger partial charge in [0.05, 0.1) is 5.69 Å². The van der Waals surface area contributed by atoms with Crippen molar-refractivity contribution in [2.24, 2.45) is 5.73 Å². The quantitative estimate of drug-likeness (QED) is 0.795. The van der Waals surface area contributed by atoms with Gasteiger partial charge < -0.3 is 5.73 Å². The highest BCUT2D eigenvalue weighted by Crippen LogP contribution is 2.34. The van der Waals surface area contributed by atoms with Crippen LogP contribution in [0, 0.1) is 13.8 Å². The number of thiazole rings is 1. The molecule has 3 aromatic rings. The van der Waals surface area contributed by atoms with Crippen molar-refractivity contribution < 1.29 is 0 Å². The summed E-state index contributed by atoms with van der Waals surface area (Å²) in [5.41, 5.74) is 10.8. The lowest BCUT2D eigenvalue weighted by molar-refractivity contribution is 0.981. The summed E-state index contributed by atoms with van der Waals surface area (Å²) in [5, 5.41) is 0. The molecule has 2 aromatic heterocycles. The highest BCUT2D eigenvalue weighted by Gasteiger charge is 2.15. The predicted molar refractivity (Wildman–Crippen MR) is 80.7 cm³/mol. The van der Waals surface area contributed by atoms with Gasteiger partial charge in [-0.05, 0) is 38.4 Å². The standard InChI is InChI=1S/C15H17N3S/c1-10-3-4-11(2)12(9-10)14-13(5-6-16)19-15-17-7-8-18(14)15/h3-4,7-9H,5-6,16H2,1-2H3. The number of nitrogens with two attached hydrogens (primary N) is 1. The Balaban J connectivity index is 2.29. The van der Waals surface area contributed by atoms with Crippen LogP contribution >= 0.6 is 11.3 Å². The van der Waals surface area contributed by atoms with Crippen LogP contribution in [0.3, 0.4) is 0 Å². The van der Waals surface area contributed by atoms with E-state index < -0.39 is 0 Å². The van der Waals surface area contributed by atoms with Crippen LogP contribution in [0.5, 0.6) is 0 Å². The molecule has 3 rings (SSSR count). The third kappa shape index (κ3) is 2.07. The van der Waals surface area contributed by atoms with Crippen molar-refractivity contribution in [2.45, 2.75) is 20.3 Å². The summed E-state index contributed by atoms with van der Waals surface area (Å²) in [6.45, 7) is 4.95. The number of benzene rings is 1. The molecule has 1 aromatic carbocycles. The van der Waals surface area contributed by atoms with Crippen LogP contribution in [0.2, 0.25) is 0 Å². The number of hydrogen-bond acceptors (Lipinski definition) is 3. The van der Waals surface area contributed by atoms with Gasteiger partial charge in [0.15, 0.2) is 4.96 Å². The average molecular weight is 271 g/mol. The Labute approximate surface area is 116 Å². The van der Waals surface area contributed by atoms with Gasteiger partial charge in [0.25, 0.3) is 0 Å². The molecule has 0 aliphatic heterocycles. The van der Waals surface area contributed by atoms with Gasteiger partial charge in [0.1, 0.15) is 0 Å². The molecule has 0 aliphatic carbocycles. The van der Waals surface area contributed by atoms with Crippen LogP contribution < -0.4 is 5.73 Å². The van der Waals surface area contributed by atoms with Gasteiger partial charge in [-0.2, -0.15) is 0 Å². The molecule has 0 spiro atoms. The predicted octanol–water partition coefficient (Wildman–Crippen LogP) is 3.18. The van der Waals surface area contributed by atoms with Crippen molar-refractivity contribution in [2.75, 3.05) is 6.54 Å². The lowest BCUT2D eigenvalue weighted by Crippen LogP contribution is -2.03. The minimum atomic E-state index is 0.668. The summed E-state index contributed by atoms with van der Waals surface area (Å²) in [7, 11) is 0. The zero-order valence-corrected chi connectivity index (χ0v) is 12.0. The van der Waals surface area contributed by atoms with Crippen LogP contribution in [-0.2, 0) is 6.42 Å². The molecule has 0 bridgehead atoms. The summed E-state index contributed by atoms with van der Waals surface area (Å²) < 4.78 is 2.18. The number of hydrogen-bond donors (Lipinski definition) is 1. The first-order valence-corrected chi connectivity index (χ1v) is 7.25. The summed E-state index contributed by atoms with van der Waals surface area (Å²) in [4.78, 5) is 6.76. The third-order valence-electron chi connectivity index (χ3n) is 3.35. The molecule has 0 saturated heterocycles. The number of rotatable bonds is 3. The lowest BCUT2D eigenvalue weighted by Gasteiger charge is -2.09. The Kier molecular flexibility index (Phi) is 3.12. The minimum Gasteiger partial charge on any atom is -0.330 e. The molecule has 2 N–H and O–H groups in total. The lowest BCUT2D eigenvalue weighted by atomic mass is 10.0. The molecule has 0 saturated carbocycles. The Morgan fingerprint density at radius 2 is 2.16 bits per heavy atom. The van der Waals surface area contributed by atoms with Crippen molar-refractivity contribution in [3.05, 3.63) is 46.6 Å². The fraction of sp³-hybridized carbons (Fsp3) is 0.267. The molecule has 0 aliphatic rings. The number of aryl methyl sites for hydroxylation is 2. The van der Waals surface area contributed by atoms with Gasteiger partial charge >= 0.3 is 0 Å². The van der Waals surface area contributed by atoms with E-state index >= 15 is 0 Å². The van der Waals surface area contributed by atoms with E-state index in [0.29, 0.717) is 6.54 Å². The second-order valence-corrected chi connectivity index (χ2v) is 5.87. The Morgan fingerprint density at radius 3 is 2.95 bits per heavy atom. The maximum Gasteiger partial charge on any atom is 0.194 e. The molecule has 2 heterocycles. The first-order valence-electron chi connectivity index (χ1n) is 6.43. The SMILES string of the molecule is Cc1ccc(C)c(-c2c(CCN)sc3nccn23)c1. The summed E-state index contributed by atoms with van der Waals surface area (Å²) in [6.07, 6.45) is 4.78. The van der Waals surface area contributed by atoms with E-state index in [1.807, 2.05) is 12.4 Å². The first kappa shape index (κ1) is 12.4. The third-order valence-corrected chi connectivity index (χ3v) is 4.47. The highest BCUT2D eigenvalue weighted by atomic mass is 32.1. The zero-order valence-electron chi connectivity index (χ0n) is 11.2. The molecule has 3 nitrogen and oxygen atoms in total. The molecule has 0 unspecified atom stereocenters. The van der Waals surface area contributed by atoms with Crippen molar-refractivity contribution in [3.8, 4) is 11.3 Å². The number of fused-ring (bicyclic) bond motifs is 1. The van der Waals surface area contributed by atoms with Gasteiger partial charge in [0.2, 0.25) is 0 Å². The summed E-state index contributed by atoms with van der Waals surface area (Å²) in [5.74, 6) is 0. The largest absolute Gasteiger partial charge is 0.330 e. The summed E-state index contributed by atoms with van der Waals surface area (Å²) >= 11 is 1.74. The maximum absolute atomic E-state index is 5.74. The monoisotopic (exact) mass is 271 g/mol. The molecule has 0 atom stereocenters. The van der Waals surface area contributed by atoms with E-state index in [1.54, 1.807) is 11.3 Å². The second-order valence-electron chi connectivity index (χ2n) is 4.81. The van der Waals surface area contributed by atoms with Gasteiger partial charge in [-0.1, -0.05) is 17.7 Å². The molecular formula is C15H17N3S. The van der Waals surface area contributed by atoms with E-state index in [9.17, 15) is 0 Å². The molecular weight excluding hydrogens is 254 g/mol. The second kappa shape index (κ2) is 4.79. The van der Waals surface area contributed by atoms with E-state index in [-0.39, 0.29) is 0 Å². The van der Waals surface area contributed by atoms with Crippen LogP contribution in [0.1, 0.15) is 16.0 Å². The van der Waals surface area contributed by atoms with Gasteiger partial charge in [-0.15, -0.1) is 11.3 Å². The van der Waals surface area contributed by atoms with Gasteiger partial charge in [0, 0.05) is 22.8 Å². The van der Waals surface area contributed by atoms with Crippen molar-refractivity contribution in [3.63, 3.8) is 0 Å². The molecule has 98 valence electrons. The number of imidazole rings is 1. The average Bonchev–Trinajstić information content (AvgIpc) is 2.93. The molecule has 0 fully saturated rings. The number of aromatic nitrogens is 2. The van der Waals surface area contributed by atoms with Crippen molar-refractivity contribution >= 4 is 16.3 Å². The topological polar surface area (TPSA) is 43.3 Å². The van der Waals surface area contributed by atoms with Crippen molar-refractivity contribution in [1.29, 1.82) is 0 Å². The Hall–Kier alpha value is -1.65. The normalized spacial score (nSPS) is 11.3. The fourth-order valence-corrected chi connectivity index (χ4v) is 3.51. The molecule has 19 heavy (non-hydrogen) atoms. The molecule has 0 radical (unpaired) electrons. The summed E-state index contributed by atoms with van der Waals surface area (Å²) in [6, 6.07) is 6.58. The molecule has 0 amide bonds. The van der Waals surface area contributed by atoms with Crippen LogP contribution in [0.15, 0.2) is 30.6 Å². The Bertz CT molecular complexity index is 724. The van der Waals surface area contributed by atoms with Crippen LogP contribution in [0.4, 0.5) is 0 Å². The van der Waals surface area contributed by atoms with Crippen molar-refractivity contribution in [1.82, 2.24) is 9.38 Å². The zero-order chi connectivity index (χ0) is 13.4. The van der Waals surface area contributed by atoms with E-state index in [1.165, 1.54) is 27.3 Å². The maximum atomic E-state index is 5.74. The fourth-order valence-electron chi connectivity index (χ4n) is 2.40. The Morgan fingerprint density at radius 1 is 1.32 bits per heavy atom.